The van der Waals surface area contributed by atoms with Gasteiger partial charge in [0, 0.05) is 29.4 Å². The Bertz CT molecular complexity index is 886. The number of rotatable bonds is 5. The van der Waals surface area contributed by atoms with E-state index in [1.807, 2.05) is 11.4 Å². The van der Waals surface area contributed by atoms with E-state index in [0.29, 0.717) is 36.1 Å². The number of benzene rings is 1. The summed E-state index contributed by atoms with van der Waals surface area (Å²) < 4.78 is 18.6. The predicted octanol–water partition coefficient (Wildman–Crippen LogP) is 3.82. The molecule has 8 heteroatoms. The molecular formula is C18H17ClFN3O2S. The van der Waals surface area contributed by atoms with Crippen LogP contribution in [0.5, 0.6) is 0 Å². The number of hydrogen-bond donors (Lipinski definition) is 1. The molecular weight excluding hydrogens is 377 g/mol. The molecule has 2 aromatic heterocycles. The second kappa shape index (κ2) is 7.44. The highest BCUT2D eigenvalue weighted by Crippen LogP contribution is 2.33. The molecule has 0 saturated carbocycles. The summed E-state index contributed by atoms with van der Waals surface area (Å²) in [6.45, 7) is 1.31. The molecule has 0 aliphatic carbocycles. The predicted molar refractivity (Wildman–Crippen MR) is 96.6 cm³/mol. The summed E-state index contributed by atoms with van der Waals surface area (Å²) in [4.78, 5) is 7.86. The zero-order valence-corrected chi connectivity index (χ0v) is 15.4. The Morgan fingerprint density at radius 1 is 1.38 bits per heavy atom. The molecule has 3 heterocycles. The summed E-state index contributed by atoms with van der Waals surface area (Å²) in [7, 11) is 0. The maximum absolute atomic E-state index is 13.2. The first-order valence-electron chi connectivity index (χ1n) is 8.29. The first-order chi connectivity index (χ1) is 12.6. The molecule has 1 aromatic carbocycles. The number of thiophene rings is 1. The van der Waals surface area contributed by atoms with E-state index in [1.165, 1.54) is 17.0 Å². The van der Waals surface area contributed by atoms with Gasteiger partial charge in [-0.25, -0.2) is 4.39 Å². The lowest BCUT2D eigenvalue weighted by atomic mass is 10.1. The molecule has 26 heavy (non-hydrogen) atoms. The topological polar surface area (TPSA) is 62.4 Å². The SMILES string of the molecule is O[C@@H]1C[C@@H](c2nc(Cc3ccc(F)cc3Cl)no2)N(Cc2cccs2)C1. The van der Waals surface area contributed by atoms with Crippen molar-refractivity contribution >= 4 is 22.9 Å². The van der Waals surface area contributed by atoms with E-state index in [2.05, 4.69) is 21.1 Å². The van der Waals surface area contributed by atoms with Crippen molar-refractivity contribution in [1.29, 1.82) is 0 Å². The molecule has 3 aromatic rings. The Morgan fingerprint density at radius 3 is 3.04 bits per heavy atom. The monoisotopic (exact) mass is 393 g/mol. The van der Waals surface area contributed by atoms with Gasteiger partial charge < -0.3 is 9.63 Å². The molecule has 0 radical (unpaired) electrons. The van der Waals surface area contributed by atoms with Gasteiger partial charge in [-0.3, -0.25) is 4.90 Å². The second-order valence-electron chi connectivity index (χ2n) is 6.38. The normalized spacial score (nSPS) is 20.7. The fourth-order valence-corrected chi connectivity index (χ4v) is 4.19. The average Bonchev–Trinajstić information content (AvgIpc) is 3.32. The summed E-state index contributed by atoms with van der Waals surface area (Å²) in [6, 6.07) is 8.22. The van der Waals surface area contributed by atoms with E-state index < -0.39 is 6.10 Å². The molecule has 0 spiro atoms. The van der Waals surface area contributed by atoms with Crippen molar-refractivity contribution in [2.24, 2.45) is 0 Å². The van der Waals surface area contributed by atoms with Crippen molar-refractivity contribution in [3.63, 3.8) is 0 Å². The minimum absolute atomic E-state index is 0.114. The van der Waals surface area contributed by atoms with Crippen molar-refractivity contribution in [3.8, 4) is 0 Å². The van der Waals surface area contributed by atoms with E-state index in [-0.39, 0.29) is 11.9 Å². The van der Waals surface area contributed by atoms with E-state index in [0.717, 1.165) is 12.1 Å². The van der Waals surface area contributed by atoms with Crippen LogP contribution in [0.15, 0.2) is 40.2 Å². The van der Waals surface area contributed by atoms with Crippen molar-refractivity contribution < 1.29 is 14.0 Å². The number of nitrogens with zero attached hydrogens (tertiary/aromatic N) is 3. The van der Waals surface area contributed by atoms with Gasteiger partial charge in [0.1, 0.15) is 5.82 Å². The molecule has 1 aliphatic heterocycles. The zero-order chi connectivity index (χ0) is 18.1. The number of aliphatic hydroxyl groups is 1. The zero-order valence-electron chi connectivity index (χ0n) is 13.8. The maximum Gasteiger partial charge on any atom is 0.244 e. The van der Waals surface area contributed by atoms with Crippen molar-refractivity contribution in [2.45, 2.75) is 31.5 Å². The van der Waals surface area contributed by atoms with Crippen LogP contribution >= 0.6 is 22.9 Å². The minimum Gasteiger partial charge on any atom is -0.392 e. The van der Waals surface area contributed by atoms with Gasteiger partial charge in [-0.15, -0.1) is 11.3 Å². The van der Waals surface area contributed by atoms with Crippen LogP contribution in [0.1, 0.15) is 34.6 Å². The molecule has 1 fully saturated rings. The summed E-state index contributed by atoms with van der Waals surface area (Å²) in [5.41, 5.74) is 0.738. The van der Waals surface area contributed by atoms with Crippen LogP contribution in [-0.2, 0) is 13.0 Å². The Labute approximate surface area is 159 Å². The average molecular weight is 394 g/mol. The number of halogens is 2. The largest absolute Gasteiger partial charge is 0.392 e. The van der Waals surface area contributed by atoms with E-state index in [9.17, 15) is 9.50 Å². The highest BCUT2D eigenvalue weighted by atomic mass is 35.5. The smallest absolute Gasteiger partial charge is 0.244 e. The van der Waals surface area contributed by atoms with E-state index in [4.69, 9.17) is 16.1 Å². The minimum atomic E-state index is -0.415. The second-order valence-corrected chi connectivity index (χ2v) is 7.81. The Hall–Kier alpha value is -1.80. The van der Waals surface area contributed by atoms with Crippen LogP contribution in [0.2, 0.25) is 5.02 Å². The standard InChI is InChI=1S/C18H17ClFN3O2S/c19-15-7-12(20)4-3-11(15)6-17-21-18(25-22-17)16-8-13(24)9-23(16)10-14-2-1-5-26-14/h1-5,7,13,16,24H,6,8-10H2/t13-,16+/m1/s1. The highest BCUT2D eigenvalue weighted by Gasteiger charge is 2.36. The quantitative estimate of drug-likeness (QED) is 0.714. The van der Waals surface area contributed by atoms with Gasteiger partial charge in [-0.2, -0.15) is 4.98 Å². The van der Waals surface area contributed by atoms with Crippen LogP contribution in [0, 0.1) is 5.82 Å². The summed E-state index contributed by atoms with van der Waals surface area (Å²) >= 11 is 7.75. The molecule has 5 nitrogen and oxygen atoms in total. The molecule has 0 unspecified atom stereocenters. The molecule has 0 amide bonds. The van der Waals surface area contributed by atoms with Crippen LogP contribution < -0.4 is 0 Å². The Balaban J connectivity index is 1.50. The van der Waals surface area contributed by atoms with Crippen LogP contribution in [0.3, 0.4) is 0 Å². The Kier molecular flexibility index (Phi) is 5.04. The van der Waals surface area contributed by atoms with E-state index in [1.54, 1.807) is 17.4 Å². The van der Waals surface area contributed by atoms with Gasteiger partial charge in [0.05, 0.1) is 12.1 Å². The van der Waals surface area contributed by atoms with E-state index >= 15 is 0 Å². The third-order valence-corrected chi connectivity index (χ3v) is 5.67. The summed E-state index contributed by atoms with van der Waals surface area (Å²) in [5, 5.41) is 16.5. The lowest BCUT2D eigenvalue weighted by molar-refractivity contribution is 0.170. The molecule has 0 bridgehead atoms. The van der Waals surface area contributed by atoms with Crippen LogP contribution in [-0.4, -0.2) is 32.8 Å². The molecule has 2 atom stereocenters. The number of aromatic nitrogens is 2. The number of aliphatic hydroxyl groups excluding tert-OH is 1. The maximum atomic E-state index is 13.2. The fourth-order valence-electron chi connectivity index (χ4n) is 3.22. The van der Waals surface area contributed by atoms with Gasteiger partial charge in [-0.05, 0) is 35.6 Å². The summed E-state index contributed by atoms with van der Waals surface area (Å²) in [5.74, 6) is 0.606. The van der Waals surface area contributed by atoms with Gasteiger partial charge >= 0.3 is 0 Å². The van der Waals surface area contributed by atoms with Crippen molar-refractivity contribution in [3.05, 3.63) is 68.7 Å². The van der Waals surface area contributed by atoms with Gasteiger partial charge in [-0.1, -0.05) is 28.9 Å². The molecule has 1 N–H and O–H groups in total. The van der Waals surface area contributed by atoms with Crippen molar-refractivity contribution in [2.75, 3.05) is 6.54 Å². The molecule has 4 rings (SSSR count). The molecule has 1 saturated heterocycles. The van der Waals surface area contributed by atoms with Crippen LogP contribution in [0.25, 0.3) is 0 Å². The third-order valence-electron chi connectivity index (χ3n) is 4.45. The fraction of sp³-hybridized carbons (Fsp3) is 0.333. The summed E-state index contributed by atoms with van der Waals surface area (Å²) in [6.07, 6.45) is 0.509. The number of β-amino-alcohol motifs (C(OH)–C–C–N with tert-alkyl or cyclic N) is 1. The number of likely N-dealkylation sites (tertiary alicyclic amines) is 1. The van der Waals surface area contributed by atoms with Crippen LogP contribution in [0.4, 0.5) is 4.39 Å². The first-order valence-corrected chi connectivity index (χ1v) is 9.55. The van der Waals surface area contributed by atoms with Gasteiger partial charge in [0.15, 0.2) is 5.82 Å². The first kappa shape index (κ1) is 17.6. The highest BCUT2D eigenvalue weighted by molar-refractivity contribution is 7.09. The van der Waals surface area contributed by atoms with Gasteiger partial charge in [0.25, 0.3) is 0 Å². The lowest BCUT2D eigenvalue weighted by Crippen LogP contribution is -2.24. The lowest BCUT2D eigenvalue weighted by Gasteiger charge is -2.20. The molecule has 1 aliphatic rings. The number of hydrogen-bond acceptors (Lipinski definition) is 6. The third kappa shape index (κ3) is 3.81. The van der Waals surface area contributed by atoms with Crippen molar-refractivity contribution in [1.82, 2.24) is 15.0 Å². The van der Waals surface area contributed by atoms with Gasteiger partial charge in [0.2, 0.25) is 5.89 Å². The Morgan fingerprint density at radius 2 is 2.27 bits per heavy atom. The molecule has 136 valence electrons.